The number of aliphatic hydroxyl groups is 1. The zero-order chi connectivity index (χ0) is 21.9. The molecule has 1 unspecified atom stereocenters. The van der Waals surface area contributed by atoms with Crippen molar-refractivity contribution in [1.82, 2.24) is 20.0 Å². The number of hydrogen-bond acceptors (Lipinski definition) is 5. The molecule has 2 aromatic rings. The van der Waals surface area contributed by atoms with Gasteiger partial charge in [-0.3, -0.25) is 14.4 Å². The van der Waals surface area contributed by atoms with E-state index in [2.05, 4.69) is 46.1 Å². The molecule has 2 atom stereocenters. The van der Waals surface area contributed by atoms with Crippen molar-refractivity contribution in [3.63, 3.8) is 0 Å². The number of amides is 1. The summed E-state index contributed by atoms with van der Waals surface area (Å²) in [6.45, 7) is 10.6. The zero-order valence-electron chi connectivity index (χ0n) is 19.3. The van der Waals surface area contributed by atoms with Gasteiger partial charge in [0.1, 0.15) is 0 Å². The Morgan fingerprint density at radius 1 is 1.23 bits per heavy atom. The van der Waals surface area contributed by atoms with Gasteiger partial charge in [0, 0.05) is 39.6 Å². The van der Waals surface area contributed by atoms with Crippen LogP contribution in [-0.4, -0.2) is 62.4 Å². The lowest BCUT2D eigenvalue weighted by Crippen LogP contribution is -2.39. The molecule has 31 heavy (non-hydrogen) atoms. The van der Waals surface area contributed by atoms with Crippen LogP contribution in [0.15, 0.2) is 36.5 Å². The van der Waals surface area contributed by atoms with Crippen molar-refractivity contribution in [3.8, 4) is 0 Å². The minimum Gasteiger partial charge on any atom is -0.412 e. The van der Waals surface area contributed by atoms with E-state index in [0.717, 1.165) is 31.0 Å². The molecule has 0 saturated carbocycles. The first-order valence-electron chi connectivity index (χ1n) is 10.7. The summed E-state index contributed by atoms with van der Waals surface area (Å²) in [7, 11) is 2.13. The molecule has 8 heteroatoms. The number of rotatable bonds is 4. The number of fused-ring (bicyclic) bond motifs is 1. The minimum absolute atomic E-state index is 0. The number of benzene rings is 1. The molecule has 2 aliphatic heterocycles. The Balaban J connectivity index is 0.000000664. The van der Waals surface area contributed by atoms with Crippen LogP contribution in [0.5, 0.6) is 0 Å². The summed E-state index contributed by atoms with van der Waals surface area (Å²) < 4.78 is 2.05. The highest BCUT2D eigenvalue weighted by Gasteiger charge is 2.34. The van der Waals surface area contributed by atoms with E-state index < -0.39 is 5.60 Å². The number of carbonyl (C=O) groups excluding carboxylic acids is 1. The molecule has 4 rings (SSSR count). The summed E-state index contributed by atoms with van der Waals surface area (Å²) in [6.07, 6.45) is 2.41. The van der Waals surface area contributed by atoms with Gasteiger partial charge in [0.25, 0.3) is 0 Å². The van der Waals surface area contributed by atoms with Gasteiger partial charge < -0.3 is 20.8 Å². The van der Waals surface area contributed by atoms with Gasteiger partial charge in [-0.15, -0.1) is 0 Å². The molecule has 0 bridgehead atoms. The van der Waals surface area contributed by atoms with Gasteiger partial charge in [-0.2, -0.15) is 5.10 Å². The van der Waals surface area contributed by atoms with Crippen LogP contribution in [0.3, 0.4) is 0 Å². The summed E-state index contributed by atoms with van der Waals surface area (Å²) in [4.78, 5) is 16.8. The van der Waals surface area contributed by atoms with Gasteiger partial charge >= 0.3 is 0 Å². The second kappa shape index (κ2) is 10.4. The normalized spacial score (nSPS) is 21.2. The smallest absolute Gasteiger partial charge is 0.228 e. The van der Waals surface area contributed by atoms with Crippen molar-refractivity contribution in [2.24, 2.45) is 0 Å². The van der Waals surface area contributed by atoms with Crippen molar-refractivity contribution in [2.45, 2.75) is 71.4 Å². The maximum atomic E-state index is 12.6. The van der Waals surface area contributed by atoms with Crippen LogP contribution in [0.4, 0.5) is 5.69 Å². The molecule has 1 saturated heterocycles. The fraction of sp³-hybridized carbons (Fsp3) is 0.565. The topological polar surface area (TPSA) is 105 Å². The molecule has 1 amide bonds. The molecule has 4 N–H and O–H groups in total. The Labute approximate surface area is 186 Å². The Kier molecular flexibility index (Phi) is 8.36. The zero-order valence-corrected chi connectivity index (χ0v) is 19.3. The lowest BCUT2D eigenvalue weighted by Gasteiger charge is -2.31. The van der Waals surface area contributed by atoms with Crippen LogP contribution in [0.1, 0.15) is 46.8 Å². The number of hydrogen-bond donors (Lipinski definition) is 2. The van der Waals surface area contributed by atoms with E-state index in [0.29, 0.717) is 19.0 Å². The monoisotopic (exact) mass is 433 g/mol. The van der Waals surface area contributed by atoms with Crippen LogP contribution in [-0.2, 0) is 24.4 Å². The molecule has 8 nitrogen and oxygen atoms in total. The van der Waals surface area contributed by atoms with Gasteiger partial charge in [0.05, 0.1) is 29.7 Å². The molecular formula is C23H39N5O3. The van der Waals surface area contributed by atoms with E-state index in [9.17, 15) is 4.79 Å². The number of anilines is 1. The van der Waals surface area contributed by atoms with Gasteiger partial charge in [-0.1, -0.05) is 30.3 Å². The van der Waals surface area contributed by atoms with Crippen molar-refractivity contribution < 1.29 is 16.8 Å². The van der Waals surface area contributed by atoms with Crippen LogP contribution in [0, 0.1) is 0 Å². The highest BCUT2D eigenvalue weighted by Crippen LogP contribution is 2.29. The first-order valence-corrected chi connectivity index (χ1v) is 10.7. The molecule has 3 heterocycles. The van der Waals surface area contributed by atoms with Gasteiger partial charge in [-0.05, 0) is 40.3 Å². The van der Waals surface area contributed by atoms with Crippen LogP contribution in [0.25, 0.3) is 0 Å². The molecule has 0 spiro atoms. The molecule has 1 fully saturated rings. The van der Waals surface area contributed by atoms with Gasteiger partial charge in [0.15, 0.2) is 0 Å². The van der Waals surface area contributed by atoms with Crippen LogP contribution in [0.2, 0.25) is 0 Å². The van der Waals surface area contributed by atoms with Crippen molar-refractivity contribution >= 4 is 11.6 Å². The third-order valence-electron chi connectivity index (χ3n) is 5.37. The molecule has 1 aromatic heterocycles. The number of nitrogens with zero attached hydrogens (tertiary/aromatic N) is 4. The molecule has 2 aliphatic rings. The van der Waals surface area contributed by atoms with E-state index in [-0.39, 0.29) is 18.9 Å². The standard InChI is InChI=1S/C19H25N5O.C4H10O.H2O.H2/c1-14-11-24-18(13-22(14)2)17(10-21-24)23-12-16(8-19(23)25)20-9-15-6-4-3-5-7-15;1-4(2,3)5;;/h3-7,10,14,16,20H,8-9,11-13H2,1-2H3;5H,1-3H3;1H2;1H/t14-,16?;;;/m0.../s1. The van der Waals surface area contributed by atoms with E-state index >= 15 is 0 Å². The lowest BCUT2D eigenvalue weighted by atomic mass is 10.2. The third-order valence-corrected chi connectivity index (χ3v) is 5.37. The second-order valence-corrected chi connectivity index (χ2v) is 9.37. The number of carbonyl (C=O) groups is 1. The number of aromatic nitrogens is 2. The Morgan fingerprint density at radius 2 is 1.87 bits per heavy atom. The highest BCUT2D eigenvalue weighted by atomic mass is 16.3. The summed E-state index contributed by atoms with van der Waals surface area (Å²) in [6, 6.07) is 11.0. The average Bonchev–Trinajstić information content (AvgIpc) is 3.23. The molecule has 174 valence electrons. The maximum absolute atomic E-state index is 12.6. The largest absolute Gasteiger partial charge is 0.412 e. The molecule has 0 radical (unpaired) electrons. The molecule has 0 aliphatic carbocycles. The first-order chi connectivity index (χ1) is 14.1. The number of likely N-dealkylation sites (N-methyl/N-ethyl adjacent to an activating group) is 1. The fourth-order valence-corrected chi connectivity index (χ4v) is 3.66. The van der Waals surface area contributed by atoms with E-state index in [1.165, 1.54) is 5.56 Å². The van der Waals surface area contributed by atoms with Gasteiger partial charge in [0.2, 0.25) is 5.91 Å². The number of nitrogens with one attached hydrogen (secondary N) is 1. The predicted octanol–water partition coefficient (Wildman–Crippen LogP) is 1.81. The van der Waals surface area contributed by atoms with Gasteiger partial charge in [-0.25, -0.2) is 0 Å². The maximum Gasteiger partial charge on any atom is 0.228 e. The van der Waals surface area contributed by atoms with E-state index in [4.69, 9.17) is 5.11 Å². The minimum atomic E-state index is -0.500. The fourth-order valence-electron chi connectivity index (χ4n) is 3.66. The molecular weight excluding hydrogens is 394 g/mol. The lowest BCUT2D eigenvalue weighted by molar-refractivity contribution is -0.117. The Morgan fingerprint density at radius 3 is 2.52 bits per heavy atom. The van der Waals surface area contributed by atoms with E-state index in [1.807, 2.05) is 29.3 Å². The average molecular weight is 434 g/mol. The predicted molar refractivity (Wildman–Crippen MR) is 125 cm³/mol. The summed E-state index contributed by atoms with van der Waals surface area (Å²) >= 11 is 0. The van der Waals surface area contributed by atoms with Crippen molar-refractivity contribution in [3.05, 3.63) is 47.8 Å². The summed E-state index contributed by atoms with van der Waals surface area (Å²) in [5.74, 6) is 0.183. The summed E-state index contributed by atoms with van der Waals surface area (Å²) in [5.41, 5.74) is 2.87. The quantitative estimate of drug-likeness (QED) is 0.765. The van der Waals surface area contributed by atoms with Crippen molar-refractivity contribution in [1.29, 1.82) is 0 Å². The van der Waals surface area contributed by atoms with Crippen LogP contribution < -0.4 is 10.2 Å². The highest BCUT2D eigenvalue weighted by molar-refractivity contribution is 5.96. The Bertz CT molecular complexity index is 847. The molecule has 1 aromatic carbocycles. The van der Waals surface area contributed by atoms with Crippen LogP contribution >= 0.6 is 0 Å². The second-order valence-electron chi connectivity index (χ2n) is 9.37. The SMILES string of the molecule is CC(C)(C)O.C[C@H]1Cn2ncc(N3CC(NCc4ccccc4)CC3=O)c2CN1C.O.[HH]. The first kappa shape index (κ1) is 25.0. The van der Waals surface area contributed by atoms with E-state index in [1.54, 1.807) is 20.8 Å². The van der Waals surface area contributed by atoms with Crippen molar-refractivity contribution in [2.75, 3.05) is 18.5 Å². The third kappa shape index (κ3) is 6.87. The summed E-state index contributed by atoms with van der Waals surface area (Å²) in [5, 5.41) is 16.6. The Hall–Kier alpha value is -2.26.